The Morgan fingerprint density at radius 2 is 0.593 bits per heavy atom. The second-order valence-corrected chi connectivity index (χ2v) is 6.64. The minimum Gasteiger partial charge on any atom is -0.192 e. The van der Waals surface area contributed by atoms with Gasteiger partial charge in [-0.3, -0.25) is 0 Å². The molecule has 0 atom stereocenters. The van der Waals surface area contributed by atoms with E-state index < -0.39 is 62.3 Å². The quantitative estimate of drug-likeness (QED) is 0.191. The fraction of sp³-hybridized carbons (Fsp3) is 1.00. The molecule has 1 aliphatic carbocycles. The van der Waals surface area contributed by atoms with Crippen LogP contribution in [0.25, 0.3) is 0 Å². The largest absolute Gasteiger partial charge is 0.460 e. The number of alkyl halides is 16. The zero-order valence-electron chi connectivity index (χ0n) is 12.4. The third-order valence-corrected chi connectivity index (χ3v) is 3.97. The van der Waals surface area contributed by atoms with E-state index in [2.05, 4.69) is 0 Å². The van der Waals surface area contributed by atoms with Crippen molar-refractivity contribution in [2.24, 2.45) is 0 Å². The maximum Gasteiger partial charge on any atom is 0.460 e. The molecule has 0 aromatic rings. The molecule has 0 aliphatic heterocycles. The van der Waals surface area contributed by atoms with Crippen molar-refractivity contribution in [2.45, 2.75) is 65.4 Å². The summed E-state index contributed by atoms with van der Waals surface area (Å²) in [5.41, 5.74) is 0. The summed E-state index contributed by atoms with van der Waals surface area (Å²) in [7, 11) is 0. The molecule has 0 aromatic heterocycles. The van der Waals surface area contributed by atoms with Gasteiger partial charge in [-0.05, 0) is 0 Å². The maximum absolute atomic E-state index is 12.7. The average Bonchev–Trinajstić information content (AvgIpc) is 2.32. The van der Waals surface area contributed by atoms with E-state index in [9.17, 15) is 65.9 Å². The molecule has 1 saturated carbocycles. The minimum absolute atomic E-state index is 0.901. The Balaban J connectivity index is 0.00000148. The third kappa shape index (κ3) is 4.33. The highest BCUT2D eigenvalue weighted by atomic mass is 127. The molecule has 164 valence electrons. The zero-order chi connectivity index (χ0) is 22.3. The lowest BCUT2D eigenvalue weighted by Crippen LogP contribution is -2.72. The second-order valence-electron chi connectivity index (χ2n) is 5.28. The monoisotopic (exact) mass is 552 g/mol. The van der Waals surface area contributed by atoms with Gasteiger partial charge in [-0.2, -0.15) is 65.9 Å². The molecule has 0 unspecified atom stereocenters. The van der Waals surface area contributed by atoms with Crippen LogP contribution in [0.2, 0.25) is 0 Å². The summed E-state index contributed by atoms with van der Waals surface area (Å²) in [6.45, 7) is 0. The van der Waals surface area contributed by atoms with Crippen LogP contribution < -0.4 is 0 Å². The minimum atomic E-state index is -8.20. The highest BCUT2D eigenvalue weighted by molar-refractivity contribution is 14.1. The summed E-state index contributed by atoms with van der Waals surface area (Å²) in [6, 6.07) is 0. The molecule has 0 heterocycles. The van der Waals surface area contributed by atoms with Crippen molar-refractivity contribution in [2.75, 3.05) is 0 Å². The van der Waals surface area contributed by atoms with E-state index in [1.165, 1.54) is 25.7 Å². The summed E-state index contributed by atoms with van der Waals surface area (Å²) >= 11 is -0.901. The fourth-order valence-corrected chi connectivity index (χ4v) is 1.54. The highest BCUT2D eigenvalue weighted by Crippen LogP contribution is 2.63. The van der Waals surface area contributed by atoms with Gasteiger partial charge in [0.15, 0.2) is 0 Å². The van der Waals surface area contributed by atoms with Crippen molar-refractivity contribution in [1.82, 2.24) is 0 Å². The van der Waals surface area contributed by atoms with Gasteiger partial charge in [0.25, 0.3) is 0 Å². The van der Waals surface area contributed by atoms with Crippen molar-refractivity contribution in [1.29, 1.82) is 0 Å². The molecule has 0 saturated heterocycles. The van der Waals surface area contributed by atoms with Crippen molar-refractivity contribution < 1.29 is 65.9 Å². The van der Waals surface area contributed by atoms with Gasteiger partial charge in [0.2, 0.25) is 0 Å². The molecule has 0 amide bonds. The molecule has 1 aliphatic rings. The highest BCUT2D eigenvalue weighted by Gasteiger charge is 2.93. The molecular weight excluding hydrogens is 544 g/mol. The van der Waals surface area contributed by atoms with E-state index in [1.54, 1.807) is 0 Å². The summed E-state index contributed by atoms with van der Waals surface area (Å²) in [5, 5.41) is 0. The van der Waals surface area contributed by atoms with Crippen LogP contribution in [0.4, 0.5) is 65.9 Å². The molecule has 0 aromatic carbocycles. The average molecular weight is 552 g/mol. The van der Waals surface area contributed by atoms with Crippen LogP contribution in [-0.2, 0) is 0 Å². The lowest BCUT2D eigenvalue weighted by atomic mass is 9.94. The molecule has 0 N–H and O–H groups in total. The molecule has 0 radical (unpaired) electrons. The predicted octanol–water partition coefficient (Wildman–Crippen LogP) is 7.31. The topological polar surface area (TPSA) is 0 Å². The van der Waals surface area contributed by atoms with Crippen molar-refractivity contribution in [3.05, 3.63) is 0 Å². The SMILES string of the molecule is C1CCC1.FC(F)(F)C(F)(F)C(F)(F)C(F)(F)C(F)(F)C(F)(F)C(F)(F)I. The molecule has 0 nitrogen and oxygen atoms in total. The first kappa shape index (κ1) is 26.7. The summed E-state index contributed by atoms with van der Waals surface area (Å²) in [6.07, 6.45) is -1.57. The van der Waals surface area contributed by atoms with Crippen molar-refractivity contribution >= 4 is 22.6 Å². The Bertz CT molecular complexity index is 453. The van der Waals surface area contributed by atoms with Gasteiger partial charge in [0.05, 0.1) is 0 Å². The van der Waals surface area contributed by atoms with E-state index in [0.29, 0.717) is 0 Å². The van der Waals surface area contributed by atoms with Crippen LogP contribution in [0.1, 0.15) is 25.7 Å². The third-order valence-electron chi connectivity index (χ3n) is 3.29. The Kier molecular flexibility index (Phi) is 7.41. The molecule has 1 fully saturated rings. The van der Waals surface area contributed by atoms with E-state index in [-0.39, 0.29) is 0 Å². The fourth-order valence-electron chi connectivity index (χ4n) is 1.20. The standard InChI is InChI=1S/C7F15I.C4H8/c8-1(9,2(10,11)4(14,15)6(18,19)20)3(12,13)5(16,17)7(21,22)23;1-2-4-3-1/h;1-4H2. The van der Waals surface area contributed by atoms with Crippen molar-refractivity contribution in [3.8, 4) is 0 Å². The first-order valence-electron chi connectivity index (χ1n) is 6.52. The van der Waals surface area contributed by atoms with E-state index in [0.717, 1.165) is 0 Å². The van der Waals surface area contributed by atoms with E-state index in [4.69, 9.17) is 0 Å². The van der Waals surface area contributed by atoms with Gasteiger partial charge >= 0.3 is 39.7 Å². The zero-order valence-corrected chi connectivity index (χ0v) is 14.5. The summed E-state index contributed by atoms with van der Waals surface area (Å²) < 4.78 is 179. The number of hydrogen-bond donors (Lipinski definition) is 0. The van der Waals surface area contributed by atoms with Crippen LogP contribution in [0, 0.1) is 0 Å². The van der Waals surface area contributed by atoms with Gasteiger partial charge in [-0.1, -0.05) is 25.7 Å². The van der Waals surface area contributed by atoms with Crippen LogP contribution >= 0.6 is 22.6 Å². The number of rotatable bonds is 5. The lowest BCUT2D eigenvalue weighted by molar-refractivity contribution is -0.446. The first-order valence-corrected chi connectivity index (χ1v) is 7.60. The van der Waals surface area contributed by atoms with Gasteiger partial charge in [0.1, 0.15) is 0 Å². The van der Waals surface area contributed by atoms with E-state index in [1.807, 2.05) is 0 Å². The van der Waals surface area contributed by atoms with Gasteiger partial charge in [0, 0.05) is 22.6 Å². The second kappa shape index (κ2) is 7.50. The Morgan fingerprint density at radius 3 is 0.778 bits per heavy atom. The Labute approximate surface area is 154 Å². The lowest BCUT2D eigenvalue weighted by Gasteiger charge is -2.40. The van der Waals surface area contributed by atoms with Gasteiger partial charge < -0.3 is 0 Å². The number of halogens is 16. The normalized spacial score (nSPS) is 17.8. The summed E-state index contributed by atoms with van der Waals surface area (Å²) in [4.78, 5) is 0. The van der Waals surface area contributed by atoms with Gasteiger partial charge in [-0.25, -0.2) is 0 Å². The molecule has 27 heavy (non-hydrogen) atoms. The molecule has 16 heteroatoms. The first-order chi connectivity index (χ1) is 11.5. The molecule has 0 spiro atoms. The van der Waals surface area contributed by atoms with E-state index >= 15 is 0 Å². The summed E-state index contributed by atoms with van der Waals surface area (Å²) in [5.74, 6) is -39.7. The molecule has 1 rings (SSSR count). The van der Waals surface area contributed by atoms with Crippen LogP contribution in [0.15, 0.2) is 0 Å². The molecular formula is C11H8F15I. The Morgan fingerprint density at radius 1 is 0.370 bits per heavy atom. The Hall–Kier alpha value is -0.320. The number of hydrogen-bond acceptors (Lipinski definition) is 0. The predicted molar refractivity (Wildman–Crippen MR) is 68.2 cm³/mol. The van der Waals surface area contributed by atoms with Crippen LogP contribution in [0.5, 0.6) is 0 Å². The maximum atomic E-state index is 12.7. The van der Waals surface area contributed by atoms with Crippen molar-refractivity contribution in [3.63, 3.8) is 0 Å². The smallest absolute Gasteiger partial charge is 0.192 e. The van der Waals surface area contributed by atoms with Gasteiger partial charge in [-0.15, -0.1) is 0 Å². The van der Waals surface area contributed by atoms with Crippen LogP contribution in [-0.4, -0.2) is 39.7 Å². The van der Waals surface area contributed by atoms with Crippen LogP contribution in [0.3, 0.4) is 0 Å². The molecule has 0 bridgehead atoms.